The number of amides is 1. The maximum atomic E-state index is 12.6. The molecule has 0 saturated heterocycles. The molecule has 29 heavy (non-hydrogen) atoms. The summed E-state index contributed by atoms with van der Waals surface area (Å²) in [5.41, 5.74) is 3.52. The number of carbonyl (C=O) groups is 1. The second-order valence-corrected chi connectivity index (χ2v) is 7.28. The average Bonchev–Trinajstić information content (AvgIpc) is 3.14. The smallest absolute Gasteiger partial charge is 0.256 e. The van der Waals surface area contributed by atoms with Crippen LogP contribution in [0.4, 0.5) is 5.82 Å². The predicted octanol–water partition coefficient (Wildman–Crippen LogP) is 3.34. The lowest BCUT2D eigenvalue weighted by Crippen LogP contribution is -2.14. The van der Waals surface area contributed by atoms with Crippen molar-refractivity contribution in [1.29, 1.82) is 0 Å². The topological polar surface area (TPSA) is 75.9 Å². The van der Waals surface area contributed by atoms with Gasteiger partial charge in [-0.15, -0.1) is 0 Å². The Kier molecular flexibility index (Phi) is 5.05. The van der Waals surface area contributed by atoms with Crippen LogP contribution in [0.2, 0.25) is 0 Å². The minimum atomic E-state index is -0.185. The van der Waals surface area contributed by atoms with E-state index in [1.165, 1.54) is 0 Å². The maximum Gasteiger partial charge on any atom is 0.256 e. The normalized spacial score (nSPS) is 11.2. The Morgan fingerprint density at radius 3 is 2.48 bits per heavy atom. The quantitative estimate of drug-likeness (QED) is 0.569. The van der Waals surface area contributed by atoms with Crippen LogP contribution in [0.3, 0.4) is 0 Å². The number of nitrogens with zero attached hydrogens (tertiary/aromatic N) is 5. The molecule has 0 radical (unpaired) electrons. The Bertz CT molecular complexity index is 1160. The highest BCUT2D eigenvalue weighted by Gasteiger charge is 2.09. The molecule has 1 amide bonds. The number of rotatable bonds is 5. The van der Waals surface area contributed by atoms with Gasteiger partial charge in [0.2, 0.25) is 0 Å². The molecule has 4 aromatic rings. The number of hydrogen-bond donors (Lipinski definition) is 1. The number of benzene rings is 1. The van der Waals surface area contributed by atoms with Gasteiger partial charge in [0.15, 0.2) is 0 Å². The SMILES string of the molecule is CN(C)Cc1ccc(C(=O)Nc2cc3cc(-c4cnn(C)c4)ncc3cn2)cc1. The van der Waals surface area contributed by atoms with E-state index in [1.807, 2.05) is 63.7 Å². The molecule has 0 spiro atoms. The Balaban J connectivity index is 1.55. The van der Waals surface area contributed by atoms with Gasteiger partial charge in [-0.05, 0) is 49.3 Å². The first-order valence-electron chi connectivity index (χ1n) is 9.28. The number of aryl methyl sites for hydroxylation is 1. The number of nitrogens with one attached hydrogen (secondary N) is 1. The molecule has 0 aliphatic carbocycles. The molecule has 0 atom stereocenters. The molecule has 0 fully saturated rings. The van der Waals surface area contributed by atoms with E-state index in [1.54, 1.807) is 23.3 Å². The highest BCUT2D eigenvalue weighted by atomic mass is 16.1. The zero-order valence-electron chi connectivity index (χ0n) is 16.6. The number of hydrogen-bond acceptors (Lipinski definition) is 5. The number of carbonyl (C=O) groups excluding carboxylic acids is 1. The first-order valence-corrected chi connectivity index (χ1v) is 9.28. The summed E-state index contributed by atoms with van der Waals surface area (Å²) in [7, 11) is 5.90. The summed E-state index contributed by atoms with van der Waals surface area (Å²) in [5, 5.41) is 8.92. The van der Waals surface area contributed by atoms with Gasteiger partial charge in [-0.1, -0.05) is 12.1 Å². The van der Waals surface area contributed by atoms with Gasteiger partial charge in [0, 0.05) is 48.7 Å². The Labute approximate surface area is 169 Å². The van der Waals surface area contributed by atoms with Crippen LogP contribution < -0.4 is 5.32 Å². The van der Waals surface area contributed by atoms with Crippen molar-refractivity contribution in [3.63, 3.8) is 0 Å². The van der Waals surface area contributed by atoms with E-state index in [4.69, 9.17) is 0 Å². The number of pyridine rings is 2. The fourth-order valence-corrected chi connectivity index (χ4v) is 3.13. The van der Waals surface area contributed by atoms with Gasteiger partial charge in [0.05, 0.1) is 11.9 Å². The molecule has 146 valence electrons. The summed E-state index contributed by atoms with van der Waals surface area (Å²) in [6, 6.07) is 11.4. The van der Waals surface area contributed by atoms with Crippen molar-refractivity contribution in [2.45, 2.75) is 6.54 Å². The van der Waals surface area contributed by atoms with Crippen LogP contribution in [0, 0.1) is 0 Å². The van der Waals surface area contributed by atoms with Crippen LogP contribution in [0.1, 0.15) is 15.9 Å². The van der Waals surface area contributed by atoms with Gasteiger partial charge >= 0.3 is 0 Å². The third kappa shape index (κ3) is 4.30. The van der Waals surface area contributed by atoms with Crippen LogP contribution in [-0.2, 0) is 13.6 Å². The summed E-state index contributed by atoms with van der Waals surface area (Å²) in [4.78, 5) is 23.5. The maximum absolute atomic E-state index is 12.6. The first kappa shape index (κ1) is 18.8. The highest BCUT2D eigenvalue weighted by Crippen LogP contribution is 2.23. The Hall–Kier alpha value is -3.58. The number of aromatic nitrogens is 4. The first-order chi connectivity index (χ1) is 14.0. The second-order valence-electron chi connectivity index (χ2n) is 7.28. The summed E-state index contributed by atoms with van der Waals surface area (Å²) >= 11 is 0. The molecule has 1 N–H and O–H groups in total. The van der Waals surface area contributed by atoms with Gasteiger partial charge in [-0.2, -0.15) is 5.10 Å². The van der Waals surface area contributed by atoms with Crippen LogP contribution >= 0.6 is 0 Å². The number of fused-ring (bicyclic) bond motifs is 1. The Morgan fingerprint density at radius 1 is 1.03 bits per heavy atom. The molecule has 0 saturated carbocycles. The van der Waals surface area contributed by atoms with Gasteiger partial charge in [0.1, 0.15) is 5.82 Å². The van der Waals surface area contributed by atoms with Crippen molar-refractivity contribution in [2.75, 3.05) is 19.4 Å². The van der Waals surface area contributed by atoms with E-state index in [0.717, 1.165) is 34.1 Å². The van der Waals surface area contributed by atoms with E-state index >= 15 is 0 Å². The van der Waals surface area contributed by atoms with Crippen LogP contribution in [-0.4, -0.2) is 44.7 Å². The van der Waals surface area contributed by atoms with Crippen LogP contribution in [0.5, 0.6) is 0 Å². The van der Waals surface area contributed by atoms with Crippen molar-refractivity contribution >= 4 is 22.5 Å². The lowest BCUT2D eigenvalue weighted by Gasteiger charge is -2.10. The highest BCUT2D eigenvalue weighted by molar-refractivity contribution is 6.04. The van der Waals surface area contributed by atoms with E-state index in [-0.39, 0.29) is 5.91 Å². The molecule has 3 heterocycles. The minimum absolute atomic E-state index is 0.185. The predicted molar refractivity (Wildman–Crippen MR) is 114 cm³/mol. The van der Waals surface area contributed by atoms with E-state index in [2.05, 4.69) is 25.3 Å². The summed E-state index contributed by atoms with van der Waals surface area (Å²) in [5.74, 6) is 0.318. The lowest BCUT2D eigenvalue weighted by molar-refractivity contribution is 0.102. The fraction of sp³-hybridized carbons (Fsp3) is 0.182. The van der Waals surface area contributed by atoms with Crippen LogP contribution in [0.15, 0.2) is 61.2 Å². The molecule has 0 aliphatic rings. The minimum Gasteiger partial charge on any atom is -0.307 e. The molecular formula is C22H22N6O. The molecule has 0 bridgehead atoms. The molecular weight excluding hydrogens is 364 g/mol. The molecule has 7 nitrogen and oxygen atoms in total. The van der Waals surface area contributed by atoms with Crippen molar-refractivity contribution in [3.05, 3.63) is 72.3 Å². The van der Waals surface area contributed by atoms with E-state index in [0.29, 0.717) is 11.4 Å². The van der Waals surface area contributed by atoms with Crippen molar-refractivity contribution in [1.82, 2.24) is 24.6 Å². The lowest BCUT2D eigenvalue weighted by atomic mass is 10.1. The number of anilines is 1. The molecule has 3 aromatic heterocycles. The van der Waals surface area contributed by atoms with Gasteiger partial charge < -0.3 is 10.2 Å². The van der Waals surface area contributed by atoms with Gasteiger partial charge in [-0.3, -0.25) is 14.5 Å². The largest absolute Gasteiger partial charge is 0.307 e. The summed E-state index contributed by atoms with van der Waals surface area (Å²) in [6.07, 6.45) is 7.18. The van der Waals surface area contributed by atoms with Crippen LogP contribution in [0.25, 0.3) is 22.0 Å². The molecule has 4 rings (SSSR count). The van der Waals surface area contributed by atoms with Gasteiger partial charge in [0.25, 0.3) is 5.91 Å². The zero-order valence-corrected chi connectivity index (χ0v) is 16.6. The summed E-state index contributed by atoms with van der Waals surface area (Å²) in [6.45, 7) is 0.835. The summed E-state index contributed by atoms with van der Waals surface area (Å²) < 4.78 is 1.74. The van der Waals surface area contributed by atoms with Crippen molar-refractivity contribution < 1.29 is 4.79 Å². The van der Waals surface area contributed by atoms with Crippen molar-refractivity contribution in [2.24, 2.45) is 7.05 Å². The monoisotopic (exact) mass is 386 g/mol. The molecule has 1 aromatic carbocycles. The average molecular weight is 386 g/mol. The van der Waals surface area contributed by atoms with Gasteiger partial charge in [-0.25, -0.2) is 4.98 Å². The third-order valence-electron chi connectivity index (χ3n) is 4.56. The molecule has 0 aliphatic heterocycles. The fourth-order valence-electron chi connectivity index (χ4n) is 3.13. The van der Waals surface area contributed by atoms with E-state index < -0.39 is 0 Å². The third-order valence-corrected chi connectivity index (χ3v) is 4.56. The van der Waals surface area contributed by atoms with Crippen molar-refractivity contribution in [3.8, 4) is 11.3 Å². The standard InChI is InChI=1S/C22H22N6O/c1-27(2)13-15-4-6-16(7-5-15)22(29)26-21-9-17-8-20(19-12-25-28(3)14-19)23-10-18(17)11-24-21/h4-12,14H,13H2,1-3H3,(H,24,26,29). The molecule has 0 unspecified atom stereocenters. The second kappa shape index (κ2) is 7.81. The molecule has 7 heteroatoms. The zero-order chi connectivity index (χ0) is 20.4. The Morgan fingerprint density at radius 2 is 1.79 bits per heavy atom. The van der Waals surface area contributed by atoms with E-state index in [9.17, 15) is 4.79 Å².